The predicted molar refractivity (Wildman–Crippen MR) is 62.1 cm³/mol. The van der Waals surface area contributed by atoms with Gasteiger partial charge in [-0.3, -0.25) is 0 Å². The van der Waals surface area contributed by atoms with Gasteiger partial charge in [0.2, 0.25) is 0 Å². The van der Waals surface area contributed by atoms with Gasteiger partial charge in [0.15, 0.2) is 0 Å². The van der Waals surface area contributed by atoms with Crippen LogP contribution in [0.25, 0.3) is 0 Å². The summed E-state index contributed by atoms with van der Waals surface area (Å²) in [6.45, 7) is 6.59. The maximum absolute atomic E-state index is 9.63. The average Bonchev–Trinajstić information content (AvgIpc) is 2.14. The number of aryl methyl sites for hydroxylation is 1. The Morgan fingerprint density at radius 3 is 2.67 bits per heavy atom. The molecule has 2 heteroatoms. The molecule has 0 radical (unpaired) electrons. The van der Waals surface area contributed by atoms with E-state index in [0.29, 0.717) is 12.5 Å². The van der Waals surface area contributed by atoms with Crippen LogP contribution in [0.1, 0.15) is 25.8 Å². The molecule has 0 saturated carbocycles. The molecule has 2 nitrogen and oxygen atoms in total. The van der Waals surface area contributed by atoms with E-state index < -0.39 is 0 Å². The molecular formula is C13H20O2. The average molecular weight is 208 g/mol. The van der Waals surface area contributed by atoms with Crippen molar-refractivity contribution in [3.63, 3.8) is 0 Å². The molecule has 0 saturated heterocycles. The van der Waals surface area contributed by atoms with E-state index in [9.17, 15) is 5.11 Å². The molecule has 1 rings (SSSR count). The predicted octanol–water partition coefficient (Wildman–Crippen LogP) is 2.78. The van der Waals surface area contributed by atoms with Gasteiger partial charge < -0.3 is 9.84 Å². The summed E-state index contributed by atoms with van der Waals surface area (Å²) in [5, 5.41) is 9.63. The van der Waals surface area contributed by atoms with E-state index in [2.05, 4.69) is 13.8 Å². The first-order valence-electron chi connectivity index (χ1n) is 5.45. The second-order valence-corrected chi connectivity index (χ2v) is 4.41. The molecule has 0 amide bonds. The van der Waals surface area contributed by atoms with Gasteiger partial charge in [-0.25, -0.2) is 0 Å². The molecule has 1 unspecified atom stereocenters. The van der Waals surface area contributed by atoms with Crippen molar-refractivity contribution in [2.24, 2.45) is 5.92 Å². The topological polar surface area (TPSA) is 29.5 Å². The molecule has 15 heavy (non-hydrogen) atoms. The lowest BCUT2D eigenvalue weighted by Gasteiger charge is -2.14. The monoisotopic (exact) mass is 208 g/mol. The van der Waals surface area contributed by atoms with E-state index in [0.717, 1.165) is 12.2 Å². The molecule has 84 valence electrons. The number of hydrogen-bond donors (Lipinski definition) is 1. The van der Waals surface area contributed by atoms with Gasteiger partial charge >= 0.3 is 0 Å². The molecule has 1 atom stereocenters. The number of ether oxygens (including phenoxy) is 1. The Kier molecular flexibility index (Phi) is 4.63. The van der Waals surface area contributed by atoms with E-state index in [1.807, 2.05) is 31.2 Å². The first kappa shape index (κ1) is 12.1. The molecule has 1 aromatic carbocycles. The number of benzene rings is 1. The first-order valence-corrected chi connectivity index (χ1v) is 5.45. The van der Waals surface area contributed by atoms with Crippen LogP contribution in [0.2, 0.25) is 0 Å². The fraction of sp³-hybridized carbons (Fsp3) is 0.538. The molecule has 0 spiro atoms. The molecule has 0 aliphatic carbocycles. The molecule has 0 aliphatic heterocycles. The first-order chi connectivity index (χ1) is 7.08. The van der Waals surface area contributed by atoms with E-state index in [4.69, 9.17) is 4.74 Å². The zero-order chi connectivity index (χ0) is 11.3. The van der Waals surface area contributed by atoms with Crippen molar-refractivity contribution in [3.05, 3.63) is 29.8 Å². The Bertz CT molecular complexity index is 294. The van der Waals surface area contributed by atoms with Crippen LogP contribution in [-0.2, 0) is 0 Å². The van der Waals surface area contributed by atoms with Crippen LogP contribution < -0.4 is 4.74 Å². The molecule has 0 aromatic heterocycles. The summed E-state index contributed by atoms with van der Waals surface area (Å²) in [5.41, 5.74) is 1.17. The maximum atomic E-state index is 9.63. The normalized spacial score (nSPS) is 12.9. The van der Waals surface area contributed by atoms with E-state index in [-0.39, 0.29) is 6.10 Å². The van der Waals surface area contributed by atoms with Crippen molar-refractivity contribution < 1.29 is 9.84 Å². The van der Waals surface area contributed by atoms with Crippen molar-refractivity contribution in [1.29, 1.82) is 0 Å². The highest BCUT2D eigenvalue weighted by Gasteiger charge is 2.07. The standard InChI is InChI=1S/C13H20O2/c1-10(2)7-12(14)9-15-13-6-4-5-11(3)8-13/h4-6,8,10,12,14H,7,9H2,1-3H3. The minimum Gasteiger partial charge on any atom is -0.491 e. The highest BCUT2D eigenvalue weighted by Crippen LogP contribution is 2.13. The molecule has 0 bridgehead atoms. The highest BCUT2D eigenvalue weighted by molar-refractivity contribution is 5.27. The van der Waals surface area contributed by atoms with E-state index >= 15 is 0 Å². The Morgan fingerprint density at radius 2 is 2.07 bits per heavy atom. The Balaban J connectivity index is 2.36. The van der Waals surface area contributed by atoms with Gasteiger partial charge in [0.05, 0.1) is 6.10 Å². The summed E-state index contributed by atoms with van der Waals surface area (Å²) < 4.78 is 5.50. The smallest absolute Gasteiger partial charge is 0.119 e. The molecule has 0 aliphatic rings. The van der Waals surface area contributed by atoms with E-state index in [1.54, 1.807) is 0 Å². The number of aliphatic hydroxyl groups is 1. The minimum atomic E-state index is -0.370. The zero-order valence-electron chi connectivity index (χ0n) is 9.73. The number of aliphatic hydroxyl groups excluding tert-OH is 1. The van der Waals surface area contributed by atoms with Gasteiger partial charge in [0.1, 0.15) is 12.4 Å². The highest BCUT2D eigenvalue weighted by atomic mass is 16.5. The second kappa shape index (κ2) is 5.76. The third-order valence-electron chi connectivity index (χ3n) is 2.18. The van der Waals surface area contributed by atoms with Crippen LogP contribution in [0.5, 0.6) is 5.75 Å². The quantitative estimate of drug-likeness (QED) is 0.806. The van der Waals surface area contributed by atoms with Gasteiger partial charge in [0.25, 0.3) is 0 Å². The summed E-state index contributed by atoms with van der Waals surface area (Å²) in [7, 11) is 0. The van der Waals surface area contributed by atoms with Crippen LogP contribution >= 0.6 is 0 Å². The molecule has 1 N–H and O–H groups in total. The summed E-state index contributed by atoms with van der Waals surface area (Å²) in [5.74, 6) is 1.33. The largest absolute Gasteiger partial charge is 0.491 e. The van der Waals surface area contributed by atoms with Crippen LogP contribution in [0.3, 0.4) is 0 Å². The lowest BCUT2D eigenvalue weighted by molar-refractivity contribution is 0.0892. The summed E-state index contributed by atoms with van der Waals surface area (Å²) in [4.78, 5) is 0. The number of rotatable bonds is 5. The molecule has 1 aromatic rings. The van der Waals surface area contributed by atoms with Crippen molar-refractivity contribution in [2.75, 3.05) is 6.61 Å². The Morgan fingerprint density at radius 1 is 1.33 bits per heavy atom. The molecular weight excluding hydrogens is 188 g/mol. The maximum Gasteiger partial charge on any atom is 0.119 e. The SMILES string of the molecule is Cc1cccc(OCC(O)CC(C)C)c1. The summed E-state index contributed by atoms with van der Waals surface area (Å²) in [6, 6.07) is 7.87. The van der Waals surface area contributed by atoms with E-state index in [1.165, 1.54) is 5.56 Å². The Labute approximate surface area is 91.9 Å². The third kappa shape index (κ3) is 4.84. The van der Waals surface area contributed by atoms with Gasteiger partial charge in [-0.05, 0) is 37.0 Å². The van der Waals surface area contributed by atoms with Crippen molar-refractivity contribution in [1.82, 2.24) is 0 Å². The van der Waals surface area contributed by atoms with Crippen molar-refractivity contribution >= 4 is 0 Å². The van der Waals surface area contributed by atoms with Crippen LogP contribution in [-0.4, -0.2) is 17.8 Å². The molecule has 0 heterocycles. The molecule has 0 fully saturated rings. The van der Waals surface area contributed by atoms with Gasteiger partial charge in [-0.15, -0.1) is 0 Å². The van der Waals surface area contributed by atoms with Gasteiger partial charge in [-0.2, -0.15) is 0 Å². The summed E-state index contributed by atoms with van der Waals surface area (Å²) >= 11 is 0. The Hall–Kier alpha value is -1.02. The zero-order valence-corrected chi connectivity index (χ0v) is 9.73. The fourth-order valence-corrected chi connectivity index (χ4v) is 1.51. The van der Waals surface area contributed by atoms with Gasteiger partial charge in [0, 0.05) is 0 Å². The lowest BCUT2D eigenvalue weighted by atomic mass is 10.1. The lowest BCUT2D eigenvalue weighted by Crippen LogP contribution is -2.19. The minimum absolute atomic E-state index is 0.370. The van der Waals surface area contributed by atoms with Crippen LogP contribution in [0.15, 0.2) is 24.3 Å². The fourth-order valence-electron chi connectivity index (χ4n) is 1.51. The number of hydrogen-bond acceptors (Lipinski definition) is 2. The summed E-state index contributed by atoms with van der Waals surface area (Å²) in [6.07, 6.45) is 0.414. The third-order valence-corrected chi connectivity index (χ3v) is 2.18. The van der Waals surface area contributed by atoms with Crippen molar-refractivity contribution in [2.45, 2.75) is 33.3 Å². The van der Waals surface area contributed by atoms with Gasteiger partial charge in [-0.1, -0.05) is 26.0 Å². The second-order valence-electron chi connectivity index (χ2n) is 4.41. The van der Waals surface area contributed by atoms with Crippen molar-refractivity contribution in [3.8, 4) is 5.75 Å². The van der Waals surface area contributed by atoms with Crippen LogP contribution in [0, 0.1) is 12.8 Å². The van der Waals surface area contributed by atoms with Crippen LogP contribution in [0.4, 0.5) is 0 Å².